The van der Waals surface area contributed by atoms with Gasteiger partial charge >= 0.3 is 5.97 Å². The Balaban J connectivity index is 1.45. The number of carbonyl (C=O) groups excluding carboxylic acids is 2. The Kier molecular flexibility index (Phi) is 7.15. The predicted octanol–water partition coefficient (Wildman–Crippen LogP) is 6.19. The minimum absolute atomic E-state index is 0.00568. The number of ketones is 1. The molecule has 2 N–H and O–H groups in total. The summed E-state index contributed by atoms with van der Waals surface area (Å²) in [6.07, 6.45) is 1.59. The van der Waals surface area contributed by atoms with Gasteiger partial charge in [0.1, 0.15) is 5.75 Å². The summed E-state index contributed by atoms with van der Waals surface area (Å²) in [4.78, 5) is 27.1. The third-order valence-electron chi connectivity index (χ3n) is 7.08. The van der Waals surface area contributed by atoms with Gasteiger partial charge < -0.3 is 15.2 Å². The highest BCUT2D eigenvalue weighted by molar-refractivity contribution is 6.30. The third kappa shape index (κ3) is 5.32. The average molecular weight is 514 g/mol. The van der Waals surface area contributed by atoms with Crippen molar-refractivity contribution < 1.29 is 19.4 Å². The lowest BCUT2D eigenvalue weighted by Crippen LogP contribution is -2.36. The van der Waals surface area contributed by atoms with E-state index in [0.717, 1.165) is 22.4 Å². The lowest BCUT2D eigenvalue weighted by molar-refractivity contribution is -0.139. The quantitative estimate of drug-likeness (QED) is 0.384. The number of hydrogen-bond donors (Lipinski definition) is 2. The molecular weight excluding hydrogens is 486 g/mol. The fraction of sp³-hybridized carbons (Fsp3) is 0.226. The normalized spacial score (nSPS) is 19.4. The molecule has 0 bridgehead atoms. The Labute approximate surface area is 221 Å². The molecule has 0 unspecified atom stereocenters. The summed E-state index contributed by atoms with van der Waals surface area (Å²) in [7, 11) is 0. The van der Waals surface area contributed by atoms with Gasteiger partial charge in [-0.05, 0) is 60.2 Å². The van der Waals surface area contributed by atoms with E-state index in [0.29, 0.717) is 41.1 Å². The number of rotatable bonds is 6. The first kappa shape index (κ1) is 24.8. The van der Waals surface area contributed by atoms with Crippen molar-refractivity contribution in [3.8, 4) is 5.75 Å². The number of hydrogen-bond acceptors (Lipinski definition) is 5. The van der Waals surface area contributed by atoms with Gasteiger partial charge in [-0.15, -0.1) is 0 Å². The molecule has 0 saturated carbocycles. The van der Waals surface area contributed by atoms with E-state index >= 15 is 0 Å². The summed E-state index contributed by atoms with van der Waals surface area (Å²) in [5, 5.41) is 13.9. The average Bonchev–Trinajstić information content (AvgIpc) is 2.89. The molecule has 2 atom stereocenters. The number of ether oxygens (including phenoxy) is 1. The molecule has 1 heterocycles. The molecule has 1 aliphatic heterocycles. The number of halogens is 1. The zero-order valence-corrected chi connectivity index (χ0v) is 21.3. The van der Waals surface area contributed by atoms with Crippen LogP contribution in [0.1, 0.15) is 48.3 Å². The van der Waals surface area contributed by atoms with Crippen molar-refractivity contribution in [1.82, 2.24) is 5.32 Å². The number of nitrogens with one attached hydrogen (secondary N) is 1. The van der Waals surface area contributed by atoms with Gasteiger partial charge in [-0.25, -0.2) is 4.79 Å². The first-order chi connectivity index (χ1) is 17.9. The number of dihydropyridines is 1. The molecular formula is C31H28ClNO4. The van der Waals surface area contributed by atoms with Gasteiger partial charge in [-0.3, -0.25) is 4.79 Å². The summed E-state index contributed by atoms with van der Waals surface area (Å²) in [5.41, 5.74) is 5.42. The Morgan fingerprint density at radius 2 is 1.65 bits per heavy atom. The molecule has 6 heteroatoms. The van der Waals surface area contributed by atoms with E-state index in [9.17, 15) is 14.7 Å². The largest absolute Gasteiger partial charge is 0.508 e. The molecule has 5 rings (SSSR count). The summed E-state index contributed by atoms with van der Waals surface area (Å²) in [6, 6.07) is 24.1. The van der Waals surface area contributed by atoms with E-state index < -0.39 is 11.9 Å². The minimum Gasteiger partial charge on any atom is -0.508 e. The van der Waals surface area contributed by atoms with Crippen LogP contribution < -0.4 is 5.32 Å². The highest BCUT2D eigenvalue weighted by atomic mass is 35.5. The molecule has 1 aliphatic carbocycles. The van der Waals surface area contributed by atoms with Crippen LogP contribution in [0, 0.1) is 0 Å². The number of aromatic hydroxyl groups is 1. The molecule has 188 valence electrons. The van der Waals surface area contributed by atoms with Crippen molar-refractivity contribution >= 4 is 23.4 Å². The summed E-state index contributed by atoms with van der Waals surface area (Å²) >= 11 is 6.07. The lowest BCUT2D eigenvalue weighted by Gasteiger charge is -2.36. The lowest BCUT2D eigenvalue weighted by atomic mass is 9.72. The summed E-state index contributed by atoms with van der Waals surface area (Å²) in [5.74, 6) is -0.882. The number of phenols is 1. The molecule has 0 amide bonds. The highest BCUT2D eigenvalue weighted by Crippen LogP contribution is 2.46. The van der Waals surface area contributed by atoms with Crippen LogP contribution in [0.4, 0.5) is 0 Å². The number of phenolic OH excluding ortho intramolecular Hbond substituents is 1. The number of esters is 1. The van der Waals surface area contributed by atoms with Crippen LogP contribution in [0.3, 0.4) is 0 Å². The second kappa shape index (κ2) is 10.7. The molecule has 2 aliphatic rings. The number of carbonyl (C=O) groups is 2. The van der Waals surface area contributed by atoms with Crippen LogP contribution in [-0.2, 0) is 20.7 Å². The molecule has 37 heavy (non-hydrogen) atoms. The molecule has 5 nitrogen and oxygen atoms in total. The van der Waals surface area contributed by atoms with E-state index in [4.69, 9.17) is 16.3 Å². The Hall–Kier alpha value is -3.83. The Morgan fingerprint density at radius 3 is 2.35 bits per heavy atom. The van der Waals surface area contributed by atoms with Crippen molar-refractivity contribution in [3.63, 3.8) is 0 Å². The van der Waals surface area contributed by atoms with Crippen molar-refractivity contribution in [2.75, 3.05) is 6.61 Å². The molecule has 0 radical (unpaired) electrons. The van der Waals surface area contributed by atoms with Crippen LogP contribution >= 0.6 is 11.6 Å². The predicted molar refractivity (Wildman–Crippen MR) is 143 cm³/mol. The van der Waals surface area contributed by atoms with Crippen LogP contribution in [0.25, 0.3) is 0 Å². The molecule has 0 fully saturated rings. The molecule has 0 saturated heterocycles. The van der Waals surface area contributed by atoms with E-state index in [1.165, 1.54) is 0 Å². The van der Waals surface area contributed by atoms with E-state index in [1.807, 2.05) is 61.5 Å². The number of allylic oxidation sites excluding steroid dienone is 3. The van der Waals surface area contributed by atoms with Crippen molar-refractivity contribution in [2.45, 2.75) is 38.0 Å². The van der Waals surface area contributed by atoms with Crippen molar-refractivity contribution in [2.24, 2.45) is 0 Å². The maximum Gasteiger partial charge on any atom is 0.336 e. The fourth-order valence-electron chi connectivity index (χ4n) is 5.26. The van der Waals surface area contributed by atoms with Gasteiger partial charge in [0.15, 0.2) is 5.78 Å². The molecule has 0 spiro atoms. The minimum atomic E-state index is -0.570. The first-order valence-electron chi connectivity index (χ1n) is 12.4. The van der Waals surface area contributed by atoms with Gasteiger partial charge in [-0.1, -0.05) is 66.2 Å². The van der Waals surface area contributed by atoms with Crippen LogP contribution in [-0.4, -0.2) is 23.5 Å². The Bertz CT molecular complexity index is 1370. The standard InChI is InChI=1S/C31H28ClNO4/c1-19-28(31(36)37-16-15-20-5-3-2-4-6-20)29(22-9-13-25(34)14-10-22)30-26(33-19)17-23(18-27(30)35)21-7-11-24(32)12-8-21/h2-14,23,29,33-34H,15-18H2,1H3/t23-,29-/m0/s1. The summed E-state index contributed by atoms with van der Waals surface area (Å²) < 4.78 is 5.72. The van der Waals surface area contributed by atoms with Crippen LogP contribution in [0.2, 0.25) is 5.02 Å². The van der Waals surface area contributed by atoms with Crippen molar-refractivity contribution in [1.29, 1.82) is 0 Å². The molecule has 0 aromatic heterocycles. The van der Waals surface area contributed by atoms with Gasteiger partial charge in [-0.2, -0.15) is 0 Å². The molecule has 3 aromatic carbocycles. The van der Waals surface area contributed by atoms with Gasteiger partial charge in [0.2, 0.25) is 0 Å². The zero-order chi connectivity index (χ0) is 25.9. The van der Waals surface area contributed by atoms with Crippen LogP contribution in [0.15, 0.2) is 101 Å². The maximum absolute atomic E-state index is 13.7. The zero-order valence-electron chi connectivity index (χ0n) is 20.5. The summed E-state index contributed by atoms with van der Waals surface area (Å²) in [6.45, 7) is 2.09. The molecule has 3 aromatic rings. The number of Topliss-reactive ketones (excluding diaryl/α,β-unsaturated/α-hetero) is 1. The van der Waals surface area contributed by atoms with Gasteiger partial charge in [0, 0.05) is 40.7 Å². The first-order valence-corrected chi connectivity index (χ1v) is 12.8. The monoisotopic (exact) mass is 513 g/mol. The number of benzene rings is 3. The highest BCUT2D eigenvalue weighted by Gasteiger charge is 2.41. The van der Waals surface area contributed by atoms with Crippen LogP contribution in [0.5, 0.6) is 5.75 Å². The van der Waals surface area contributed by atoms with E-state index in [-0.39, 0.29) is 24.1 Å². The SMILES string of the molecule is CC1=C(C(=O)OCCc2ccccc2)[C@H](c2ccc(O)cc2)C2=C(C[C@H](c3ccc(Cl)cc3)CC2=O)N1. The maximum atomic E-state index is 13.7. The third-order valence-corrected chi connectivity index (χ3v) is 7.33. The van der Waals surface area contributed by atoms with Gasteiger partial charge in [0.05, 0.1) is 12.2 Å². The smallest absolute Gasteiger partial charge is 0.336 e. The second-order valence-electron chi connectivity index (χ2n) is 9.53. The van der Waals surface area contributed by atoms with E-state index in [1.54, 1.807) is 24.3 Å². The fourth-order valence-corrected chi connectivity index (χ4v) is 5.39. The van der Waals surface area contributed by atoms with Gasteiger partial charge in [0.25, 0.3) is 0 Å². The Morgan fingerprint density at radius 1 is 0.973 bits per heavy atom. The van der Waals surface area contributed by atoms with Crippen molar-refractivity contribution in [3.05, 3.63) is 123 Å². The second-order valence-corrected chi connectivity index (χ2v) is 9.97. The topological polar surface area (TPSA) is 75.6 Å². The van der Waals surface area contributed by atoms with E-state index in [2.05, 4.69) is 5.32 Å².